The predicted molar refractivity (Wildman–Crippen MR) is 121 cm³/mol. The average Bonchev–Trinajstić information content (AvgIpc) is 3.30. The van der Waals surface area contributed by atoms with Crippen molar-refractivity contribution in [3.05, 3.63) is 30.0 Å². The van der Waals surface area contributed by atoms with Crippen LogP contribution in [0.25, 0.3) is 0 Å². The number of piperidine rings is 1. The summed E-state index contributed by atoms with van der Waals surface area (Å²) >= 11 is 1.37. The fourth-order valence-electron chi connectivity index (χ4n) is 4.70. The Morgan fingerprint density at radius 3 is 2.83 bits per heavy atom. The molecule has 2 aromatic rings. The third-order valence-corrected chi connectivity index (χ3v) is 7.25. The molecule has 1 unspecified atom stereocenters. The molecule has 0 aliphatic carbocycles. The molecular weight excluding hydrogens is 398 g/mol. The molecule has 9 heteroatoms. The molecular formula is C21H30N7OS+. The number of carbonyl (C=O) groups excluding carboxylic acids is 1. The number of fused-ring (bicyclic) bond motifs is 1. The van der Waals surface area contributed by atoms with Crippen LogP contribution in [0.15, 0.2) is 18.7 Å². The van der Waals surface area contributed by atoms with E-state index < -0.39 is 0 Å². The SMILES string of the molecule is C=CC(=O)[N+]1(CCC2(C)CNc3nc(Nc4cc(C)ns4)nc(N)c32)CCCCC1. The van der Waals surface area contributed by atoms with Gasteiger partial charge in [0.25, 0.3) is 0 Å². The number of carbonyl (C=O) groups is 1. The van der Waals surface area contributed by atoms with Gasteiger partial charge in [-0.05, 0) is 43.8 Å². The Balaban J connectivity index is 1.55. The van der Waals surface area contributed by atoms with Crippen LogP contribution < -0.4 is 16.4 Å². The third kappa shape index (κ3) is 3.79. The van der Waals surface area contributed by atoms with Gasteiger partial charge in [-0.25, -0.2) is 4.79 Å². The van der Waals surface area contributed by atoms with Gasteiger partial charge in [0.1, 0.15) is 16.6 Å². The van der Waals surface area contributed by atoms with Crippen molar-refractivity contribution in [1.82, 2.24) is 14.3 Å². The zero-order chi connectivity index (χ0) is 21.4. The highest BCUT2D eigenvalue weighted by Crippen LogP contribution is 2.42. The molecule has 4 N–H and O–H groups in total. The second-order valence-corrected chi connectivity index (χ2v) is 9.50. The lowest BCUT2D eigenvalue weighted by Gasteiger charge is -2.40. The Morgan fingerprint density at radius 1 is 1.40 bits per heavy atom. The molecule has 1 fully saturated rings. The normalized spacial score (nSPS) is 22.2. The Hall–Kier alpha value is -2.52. The zero-order valence-corrected chi connectivity index (χ0v) is 18.5. The highest BCUT2D eigenvalue weighted by Gasteiger charge is 2.43. The van der Waals surface area contributed by atoms with Crippen molar-refractivity contribution in [2.24, 2.45) is 0 Å². The molecule has 0 bridgehead atoms. The molecule has 1 atom stereocenters. The highest BCUT2D eigenvalue weighted by atomic mass is 32.1. The number of nitrogens with one attached hydrogen (secondary N) is 2. The number of nitrogens with zero attached hydrogens (tertiary/aromatic N) is 4. The summed E-state index contributed by atoms with van der Waals surface area (Å²) in [5, 5.41) is 7.48. The van der Waals surface area contributed by atoms with E-state index in [9.17, 15) is 4.79 Å². The van der Waals surface area contributed by atoms with Crippen LogP contribution in [0.4, 0.5) is 22.6 Å². The standard InChI is InChI=1S/C21H30N7OS/c1-4-16(29)28(9-6-5-7-10-28)11-8-21(3)13-23-19-17(21)18(22)25-20(26-19)24-15-12-14(2)27-30-15/h4,12H,1,5-11,13H2,2-3H3,(H4,22,23,24,25,26)/q+1. The number of hydrogen-bond acceptors (Lipinski definition) is 8. The van der Waals surface area contributed by atoms with Gasteiger partial charge in [-0.1, -0.05) is 13.5 Å². The Morgan fingerprint density at radius 2 is 2.17 bits per heavy atom. The maximum atomic E-state index is 12.7. The molecule has 8 nitrogen and oxygen atoms in total. The van der Waals surface area contributed by atoms with Gasteiger partial charge in [0.2, 0.25) is 5.95 Å². The number of amides is 1. The monoisotopic (exact) mass is 428 g/mol. The van der Waals surface area contributed by atoms with E-state index >= 15 is 0 Å². The van der Waals surface area contributed by atoms with Crippen LogP contribution in [0.3, 0.4) is 0 Å². The van der Waals surface area contributed by atoms with E-state index in [1.54, 1.807) is 0 Å². The number of quaternary nitrogens is 1. The Labute approximate surface area is 181 Å². The van der Waals surface area contributed by atoms with Crippen LogP contribution in [0.5, 0.6) is 0 Å². The van der Waals surface area contributed by atoms with Crippen molar-refractivity contribution in [1.29, 1.82) is 0 Å². The maximum Gasteiger partial charge on any atom is 0.338 e. The number of anilines is 4. The van der Waals surface area contributed by atoms with Gasteiger partial charge in [-0.15, -0.1) is 0 Å². The van der Waals surface area contributed by atoms with E-state index in [0.717, 1.165) is 67.5 Å². The summed E-state index contributed by atoms with van der Waals surface area (Å²) in [7, 11) is 0. The average molecular weight is 429 g/mol. The van der Waals surface area contributed by atoms with E-state index in [1.165, 1.54) is 24.0 Å². The predicted octanol–water partition coefficient (Wildman–Crippen LogP) is 3.35. The minimum absolute atomic E-state index is 0.133. The molecule has 0 saturated carbocycles. The molecule has 1 amide bonds. The quantitative estimate of drug-likeness (QED) is 0.478. The number of aromatic nitrogens is 3. The van der Waals surface area contributed by atoms with Crippen LogP contribution in [0, 0.1) is 6.92 Å². The van der Waals surface area contributed by atoms with Crippen LogP contribution >= 0.6 is 11.5 Å². The molecule has 4 rings (SSSR count). The van der Waals surface area contributed by atoms with Gasteiger partial charge < -0.3 is 16.4 Å². The molecule has 0 aromatic carbocycles. The minimum atomic E-state index is -0.219. The van der Waals surface area contributed by atoms with E-state index in [-0.39, 0.29) is 11.3 Å². The number of hydrogen-bond donors (Lipinski definition) is 3. The van der Waals surface area contributed by atoms with E-state index in [2.05, 4.69) is 38.5 Å². The van der Waals surface area contributed by atoms with E-state index in [0.29, 0.717) is 16.2 Å². The summed E-state index contributed by atoms with van der Waals surface area (Å²) in [6.07, 6.45) is 5.69. The van der Waals surface area contributed by atoms with Crippen LogP contribution in [0.2, 0.25) is 0 Å². The first-order valence-electron chi connectivity index (χ1n) is 10.5. The topological polar surface area (TPSA) is 106 Å². The summed E-state index contributed by atoms with van der Waals surface area (Å²) in [4.78, 5) is 21.9. The fraction of sp³-hybridized carbons (Fsp3) is 0.524. The first kappa shape index (κ1) is 20.7. The number of rotatable bonds is 6. The Kier molecular flexibility index (Phi) is 5.50. The molecule has 30 heavy (non-hydrogen) atoms. The van der Waals surface area contributed by atoms with Crippen LogP contribution in [-0.2, 0) is 10.2 Å². The minimum Gasteiger partial charge on any atom is -0.383 e. The lowest BCUT2D eigenvalue weighted by molar-refractivity contribution is -0.857. The number of aryl methyl sites for hydroxylation is 1. The molecule has 2 aliphatic rings. The largest absolute Gasteiger partial charge is 0.383 e. The summed E-state index contributed by atoms with van der Waals surface area (Å²) in [5.41, 5.74) is 8.09. The fourth-order valence-corrected chi connectivity index (χ4v) is 5.35. The first-order valence-corrected chi connectivity index (χ1v) is 11.3. The summed E-state index contributed by atoms with van der Waals surface area (Å²) in [6, 6.07) is 1.95. The smallest absolute Gasteiger partial charge is 0.338 e. The summed E-state index contributed by atoms with van der Waals surface area (Å²) in [6.45, 7) is 11.2. The number of likely N-dealkylation sites (tertiary alicyclic amines) is 1. The van der Waals surface area contributed by atoms with Gasteiger partial charge in [-0.2, -0.15) is 14.3 Å². The van der Waals surface area contributed by atoms with Gasteiger partial charge in [0.15, 0.2) is 0 Å². The van der Waals surface area contributed by atoms with Gasteiger partial charge >= 0.3 is 5.91 Å². The van der Waals surface area contributed by atoms with Crippen LogP contribution in [-0.4, -0.2) is 50.9 Å². The second kappa shape index (κ2) is 7.96. The molecule has 4 heterocycles. The molecule has 0 spiro atoms. The molecule has 2 aromatic heterocycles. The van der Waals surface area contributed by atoms with Gasteiger partial charge in [0.05, 0.1) is 25.3 Å². The second-order valence-electron chi connectivity index (χ2n) is 8.70. The summed E-state index contributed by atoms with van der Waals surface area (Å²) < 4.78 is 4.77. The van der Waals surface area contributed by atoms with Gasteiger partial charge in [0, 0.05) is 30.0 Å². The first-order chi connectivity index (χ1) is 14.3. The van der Waals surface area contributed by atoms with Crippen molar-refractivity contribution < 1.29 is 9.28 Å². The molecule has 0 radical (unpaired) electrons. The molecule has 2 aliphatic heterocycles. The maximum absolute atomic E-state index is 12.7. The van der Waals surface area contributed by atoms with Crippen molar-refractivity contribution in [3.63, 3.8) is 0 Å². The van der Waals surface area contributed by atoms with Gasteiger partial charge in [-0.3, -0.25) is 4.48 Å². The van der Waals surface area contributed by atoms with Crippen molar-refractivity contribution >= 4 is 40.0 Å². The zero-order valence-electron chi connectivity index (χ0n) is 17.7. The summed E-state index contributed by atoms with van der Waals surface area (Å²) in [5.74, 6) is 1.85. The highest BCUT2D eigenvalue weighted by molar-refractivity contribution is 7.10. The van der Waals surface area contributed by atoms with Crippen molar-refractivity contribution in [2.75, 3.05) is 42.5 Å². The lowest BCUT2D eigenvalue weighted by Crippen LogP contribution is -2.56. The Bertz CT molecular complexity index is 966. The lowest BCUT2D eigenvalue weighted by atomic mass is 9.81. The van der Waals surface area contributed by atoms with E-state index in [1.807, 2.05) is 13.0 Å². The number of nitrogen functional groups attached to an aromatic ring is 1. The van der Waals surface area contributed by atoms with Crippen LogP contribution in [0.1, 0.15) is 43.9 Å². The van der Waals surface area contributed by atoms with Crippen molar-refractivity contribution in [3.8, 4) is 0 Å². The molecule has 160 valence electrons. The van der Waals surface area contributed by atoms with E-state index in [4.69, 9.17) is 5.73 Å². The third-order valence-electron chi connectivity index (χ3n) is 6.46. The van der Waals surface area contributed by atoms with Crippen molar-refractivity contribution in [2.45, 2.75) is 44.9 Å². The number of nitrogens with two attached hydrogens (primary N) is 1. The molecule has 1 saturated heterocycles.